The number of pyridine rings is 1. The molecule has 7 nitrogen and oxygen atoms in total. The van der Waals surface area contributed by atoms with E-state index in [-0.39, 0.29) is 46.4 Å². The Bertz CT molecular complexity index is 999. The van der Waals surface area contributed by atoms with Crippen LogP contribution in [-0.2, 0) is 10.9 Å². The van der Waals surface area contributed by atoms with Crippen molar-refractivity contribution in [2.75, 3.05) is 26.7 Å². The van der Waals surface area contributed by atoms with E-state index in [9.17, 15) is 22.8 Å². The molecule has 0 spiro atoms. The Balaban J connectivity index is 1.41. The minimum atomic E-state index is -4.61. The van der Waals surface area contributed by atoms with E-state index in [1.165, 1.54) is 12.4 Å². The van der Waals surface area contributed by atoms with Crippen LogP contribution >= 0.6 is 11.3 Å². The van der Waals surface area contributed by atoms with Crippen molar-refractivity contribution in [2.24, 2.45) is 11.8 Å². The molecule has 1 aliphatic heterocycles. The summed E-state index contributed by atoms with van der Waals surface area (Å²) in [4.78, 5) is 29.8. The maximum absolute atomic E-state index is 13.5. The van der Waals surface area contributed by atoms with Crippen molar-refractivity contribution in [3.05, 3.63) is 22.6 Å². The summed E-state index contributed by atoms with van der Waals surface area (Å²) in [5.41, 5.74) is -0.858. The van der Waals surface area contributed by atoms with Gasteiger partial charge in [-0.2, -0.15) is 13.2 Å². The Morgan fingerprint density at radius 2 is 2.06 bits per heavy atom. The number of carbonyl (C=O) groups is 2. The van der Waals surface area contributed by atoms with Crippen molar-refractivity contribution < 1.29 is 32.2 Å². The van der Waals surface area contributed by atoms with E-state index in [0.29, 0.717) is 19.0 Å². The molecule has 11 heteroatoms. The molecule has 4 rings (SSSR count). The Kier molecular flexibility index (Phi) is 5.71. The number of halogens is 3. The Labute approximate surface area is 180 Å². The lowest BCUT2D eigenvalue weighted by atomic mass is 10.0. The monoisotopic (exact) mass is 457 g/mol. The summed E-state index contributed by atoms with van der Waals surface area (Å²) in [5.74, 6) is -0.300. The van der Waals surface area contributed by atoms with Gasteiger partial charge in [0.15, 0.2) is 0 Å². The number of carbonyl (C=O) groups excluding carboxylic acids is 2. The van der Waals surface area contributed by atoms with Gasteiger partial charge in [0.2, 0.25) is 5.88 Å². The minimum absolute atomic E-state index is 0.0310. The summed E-state index contributed by atoms with van der Waals surface area (Å²) in [6, 6.07) is 0.856. The van der Waals surface area contributed by atoms with Gasteiger partial charge >= 0.3 is 12.3 Å². The van der Waals surface area contributed by atoms with Crippen molar-refractivity contribution >= 4 is 33.6 Å². The van der Waals surface area contributed by atoms with Crippen molar-refractivity contribution in [1.82, 2.24) is 15.2 Å². The normalized spacial score (nSPS) is 17.9. The van der Waals surface area contributed by atoms with Gasteiger partial charge in [0, 0.05) is 37.5 Å². The van der Waals surface area contributed by atoms with Crippen LogP contribution in [0.5, 0.6) is 5.88 Å². The molecule has 1 saturated heterocycles. The van der Waals surface area contributed by atoms with Crippen LogP contribution < -0.4 is 10.1 Å². The predicted molar refractivity (Wildman–Crippen MR) is 107 cm³/mol. The van der Waals surface area contributed by atoms with Crippen LogP contribution in [-0.4, -0.2) is 54.7 Å². The third-order valence-corrected chi connectivity index (χ3v) is 6.53. The summed E-state index contributed by atoms with van der Waals surface area (Å²) in [7, 11) is 1.40. The number of amides is 2. The molecule has 2 aliphatic rings. The van der Waals surface area contributed by atoms with Gasteiger partial charge in [-0.25, -0.2) is 9.78 Å². The maximum atomic E-state index is 13.5. The van der Waals surface area contributed by atoms with E-state index in [4.69, 9.17) is 9.47 Å². The molecule has 2 fully saturated rings. The Morgan fingerprint density at radius 1 is 1.35 bits per heavy atom. The SMILES string of the molecule is CNC(=O)c1csc2c(C(F)(F)F)cc(OCC3CN(C(=O)OC(C)C4CC4)C3)nc12. The van der Waals surface area contributed by atoms with E-state index >= 15 is 0 Å². The van der Waals surface area contributed by atoms with Crippen LogP contribution in [0.4, 0.5) is 18.0 Å². The van der Waals surface area contributed by atoms with E-state index in [1.807, 2.05) is 6.92 Å². The van der Waals surface area contributed by atoms with Gasteiger partial charge in [0.1, 0.15) is 6.10 Å². The molecule has 1 N–H and O–H groups in total. The minimum Gasteiger partial charge on any atom is -0.477 e. The summed E-state index contributed by atoms with van der Waals surface area (Å²) in [6.07, 6.45) is -2.93. The Hall–Kier alpha value is -2.56. The first-order valence-electron chi connectivity index (χ1n) is 9.97. The predicted octanol–water partition coefficient (Wildman–Crippen LogP) is 3.92. The number of rotatable bonds is 6. The third kappa shape index (κ3) is 4.56. The van der Waals surface area contributed by atoms with Gasteiger partial charge < -0.3 is 19.7 Å². The smallest absolute Gasteiger partial charge is 0.418 e. The van der Waals surface area contributed by atoms with Gasteiger partial charge in [0.05, 0.1) is 28.0 Å². The maximum Gasteiger partial charge on any atom is 0.418 e. The fourth-order valence-electron chi connectivity index (χ4n) is 3.49. The summed E-state index contributed by atoms with van der Waals surface area (Å²) in [6.45, 7) is 2.81. The van der Waals surface area contributed by atoms with E-state index in [0.717, 1.165) is 30.2 Å². The number of alkyl halides is 3. The van der Waals surface area contributed by atoms with Crippen LogP contribution in [0.1, 0.15) is 35.7 Å². The average Bonchev–Trinajstić information content (AvgIpc) is 3.44. The number of hydrogen-bond donors (Lipinski definition) is 1. The molecule has 1 unspecified atom stereocenters. The first-order chi connectivity index (χ1) is 14.7. The molecule has 3 heterocycles. The highest BCUT2D eigenvalue weighted by Gasteiger charge is 2.38. The van der Waals surface area contributed by atoms with Gasteiger partial charge in [-0.1, -0.05) is 0 Å². The molecule has 2 aromatic rings. The van der Waals surface area contributed by atoms with E-state index in [2.05, 4.69) is 10.3 Å². The first-order valence-corrected chi connectivity index (χ1v) is 10.8. The van der Waals surface area contributed by atoms with Gasteiger partial charge in [-0.3, -0.25) is 4.79 Å². The lowest BCUT2D eigenvalue weighted by Gasteiger charge is -2.38. The van der Waals surface area contributed by atoms with E-state index in [1.54, 1.807) is 4.90 Å². The van der Waals surface area contributed by atoms with Gasteiger partial charge in [-0.05, 0) is 25.7 Å². The number of thiophene rings is 1. The second-order valence-corrected chi connectivity index (χ2v) is 8.80. The number of nitrogens with one attached hydrogen (secondary N) is 1. The highest BCUT2D eigenvalue weighted by Crippen LogP contribution is 2.40. The molecule has 0 bridgehead atoms. The molecule has 2 aromatic heterocycles. The van der Waals surface area contributed by atoms with Crippen LogP contribution in [0.2, 0.25) is 0 Å². The summed E-state index contributed by atoms with van der Waals surface area (Å²) < 4.78 is 51.4. The van der Waals surface area contributed by atoms with Crippen molar-refractivity contribution in [1.29, 1.82) is 0 Å². The highest BCUT2D eigenvalue weighted by atomic mass is 32.1. The van der Waals surface area contributed by atoms with Crippen LogP contribution in [0.3, 0.4) is 0 Å². The fourth-order valence-corrected chi connectivity index (χ4v) is 4.51. The zero-order chi connectivity index (χ0) is 22.3. The third-order valence-electron chi connectivity index (χ3n) is 5.53. The van der Waals surface area contributed by atoms with E-state index < -0.39 is 17.6 Å². The van der Waals surface area contributed by atoms with Gasteiger partial charge in [0.25, 0.3) is 5.91 Å². The van der Waals surface area contributed by atoms with Crippen LogP contribution in [0, 0.1) is 11.8 Å². The highest BCUT2D eigenvalue weighted by molar-refractivity contribution is 7.17. The molecule has 1 aliphatic carbocycles. The molecule has 31 heavy (non-hydrogen) atoms. The number of fused-ring (bicyclic) bond motifs is 1. The number of likely N-dealkylation sites (tertiary alicyclic amines) is 1. The van der Waals surface area contributed by atoms with Crippen molar-refractivity contribution in [3.8, 4) is 5.88 Å². The lowest BCUT2D eigenvalue weighted by Crippen LogP contribution is -2.52. The number of hydrogen-bond acceptors (Lipinski definition) is 6. The van der Waals surface area contributed by atoms with Crippen LogP contribution in [0.25, 0.3) is 10.2 Å². The standard InChI is InChI=1S/C20H22F3N3O4S/c1-10(12-3-4-12)30-19(28)26-6-11(7-26)8-29-15-5-14(20(21,22)23)17-16(25-15)13(9-31-17)18(27)24-2/h5,9-12H,3-4,6-8H2,1-2H3,(H,24,27). The molecule has 0 radical (unpaired) electrons. The second-order valence-electron chi connectivity index (χ2n) is 7.92. The number of ether oxygens (including phenoxy) is 2. The lowest BCUT2D eigenvalue weighted by molar-refractivity contribution is -0.136. The van der Waals surface area contributed by atoms with Gasteiger partial charge in [-0.15, -0.1) is 11.3 Å². The van der Waals surface area contributed by atoms with Crippen molar-refractivity contribution in [3.63, 3.8) is 0 Å². The molecule has 1 saturated carbocycles. The average molecular weight is 457 g/mol. The molecule has 168 valence electrons. The van der Waals surface area contributed by atoms with Crippen molar-refractivity contribution in [2.45, 2.75) is 32.0 Å². The second kappa shape index (κ2) is 8.18. The Morgan fingerprint density at radius 3 is 2.68 bits per heavy atom. The first kappa shape index (κ1) is 21.7. The molecule has 0 aromatic carbocycles. The molecule has 2 amide bonds. The largest absolute Gasteiger partial charge is 0.477 e. The van der Waals surface area contributed by atoms with Crippen LogP contribution in [0.15, 0.2) is 11.4 Å². The fraction of sp³-hybridized carbons (Fsp3) is 0.550. The molecular formula is C20H22F3N3O4S. The summed E-state index contributed by atoms with van der Waals surface area (Å²) in [5, 5.41) is 3.76. The topological polar surface area (TPSA) is 80.8 Å². The summed E-state index contributed by atoms with van der Waals surface area (Å²) >= 11 is 0.818. The number of aromatic nitrogens is 1. The zero-order valence-electron chi connectivity index (χ0n) is 17.0. The quantitative estimate of drug-likeness (QED) is 0.711. The zero-order valence-corrected chi connectivity index (χ0v) is 17.8. The number of nitrogens with zero attached hydrogens (tertiary/aromatic N) is 2. The molecular weight excluding hydrogens is 435 g/mol. The molecule has 1 atom stereocenters.